The maximum atomic E-state index is 13.4. The number of carbonyl (C=O) groups excluding carboxylic acids is 1. The fourth-order valence-electron chi connectivity index (χ4n) is 4.08. The summed E-state index contributed by atoms with van der Waals surface area (Å²) in [7, 11) is 3.55. The van der Waals surface area contributed by atoms with Crippen LogP contribution in [0.1, 0.15) is 28.7 Å². The van der Waals surface area contributed by atoms with Gasteiger partial charge < -0.3 is 15.4 Å². The van der Waals surface area contributed by atoms with Gasteiger partial charge in [0.2, 0.25) is 5.91 Å². The molecule has 2 aromatic carbocycles. The first-order valence-electron chi connectivity index (χ1n) is 9.85. The van der Waals surface area contributed by atoms with Gasteiger partial charge in [0.05, 0.1) is 25.3 Å². The standard InChI is InChI=1S/C23H26N4O2/c1-27-15-17(12-25-27)19-13-24-14-20(19)23(28)26-22(16-8-4-3-5-9-16)18-10-6-7-11-21(18)29-2/h3-12,15,19-20,22,24H,13-14H2,1-2H3,(H,26,28)/t19-,20+,22?/m1/s1. The van der Waals surface area contributed by atoms with Gasteiger partial charge in [0.15, 0.2) is 0 Å². The zero-order valence-corrected chi connectivity index (χ0v) is 16.7. The van der Waals surface area contributed by atoms with Gasteiger partial charge >= 0.3 is 0 Å². The number of ether oxygens (including phenoxy) is 1. The van der Waals surface area contributed by atoms with E-state index >= 15 is 0 Å². The summed E-state index contributed by atoms with van der Waals surface area (Å²) < 4.78 is 7.36. The molecule has 4 rings (SSSR count). The Morgan fingerprint density at radius 2 is 1.93 bits per heavy atom. The Morgan fingerprint density at radius 3 is 2.66 bits per heavy atom. The lowest BCUT2D eigenvalue weighted by Gasteiger charge is -2.25. The van der Waals surface area contributed by atoms with Crippen LogP contribution >= 0.6 is 0 Å². The van der Waals surface area contributed by atoms with E-state index in [0.717, 1.165) is 29.0 Å². The van der Waals surface area contributed by atoms with Crippen LogP contribution in [0.3, 0.4) is 0 Å². The first-order chi connectivity index (χ1) is 14.2. The maximum Gasteiger partial charge on any atom is 0.225 e. The van der Waals surface area contributed by atoms with E-state index in [9.17, 15) is 4.79 Å². The third-order valence-corrected chi connectivity index (χ3v) is 5.57. The quantitative estimate of drug-likeness (QED) is 0.679. The van der Waals surface area contributed by atoms with Crippen LogP contribution in [-0.2, 0) is 11.8 Å². The smallest absolute Gasteiger partial charge is 0.225 e. The van der Waals surface area contributed by atoms with E-state index in [4.69, 9.17) is 4.74 Å². The molecule has 1 fully saturated rings. The fourth-order valence-corrected chi connectivity index (χ4v) is 4.08. The molecule has 3 aromatic rings. The number of carbonyl (C=O) groups is 1. The molecule has 2 N–H and O–H groups in total. The van der Waals surface area contributed by atoms with E-state index in [1.807, 2.05) is 74.0 Å². The first-order valence-corrected chi connectivity index (χ1v) is 9.85. The lowest BCUT2D eigenvalue weighted by molar-refractivity contribution is -0.125. The molecule has 150 valence electrons. The van der Waals surface area contributed by atoms with Crippen molar-refractivity contribution in [3.8, 4) is 5.75 Å². The summed E-state index contributed by atoms with van der Waals surface area (Å²) in [5.74, 6) is 0.747. The maximum absolute atomic E-state index is 13.4. The summed E-state index contributed by atoms with van der Waals surface area (Å²) in [5.41, 5.74) is 3.05. The number of hydrogen-bond donors (Lipinski definition) is 2. The van der Waals surface area contributed by atoms with E-state index in [1.54, 1.807) is 11.8 Å². The van der Waals surface area contributed by atoms with Crippen LogP contribution in [0.25, 0.3) is 0 Å². The highest BCUT2D eigenvalue weighted by molar-refractivity contribution is 5.81. The van der Waals surface area contributed by atoms with Gasteiger partial charge in [0.25, 0.3) is 0 Å². The zero-order chi connectivity index (χ0) is 20.2. The molecule has 0 saturated carbocycles. The Bertz CT molecular complexity index is 970. The minimum absolute atomic E-state index is 0.0311. The lowest BCUT2D eigenvalue weighted by atomic mass is 9.89. The number of aryl methyl sites for hydroxylation is 1. The number of methoxy groups -OCH3 is 1. The normalized spacial score (nSPS) is 19.7. The van der Waals surface area contributed by atoms with Gasteiger partial charge in [-0.15, -0.1) is 0 Å². The van der Waals surface area contributed by atoms with Crippen LogP contribution < -0.4 is 15.4 Å². The highest BCUT2D eigenvalue weighted by atomic mass is 16.5. The van der Waals surface area contributed by atoms with Gasteiger partial charge in [-0.25, -0.2) is 0 Å². The second kappa shape index (κ2) is 8.49. The van der Waals surface area contributed by atoms with Crippen molar-refractivity contribution in [2.45, 2.75) is 12.0 Å². The van der Waals surface area contributed by atoms with Crippen molar-refractivity contribution in [2.24, 2.45) is 13.0 Å². The summed E-state index contributed by atoms with van der Waals surface area (Å²) in [6.07, 6.45) is 3.85. The van der Waals surface area contributed by atoms with Crippen molar-refractivity contribution in [3.63, 3.8) is 0 Å². The third kappa shape index (κ3) is 4.03. The largest absolute Gasteiger partial charge is 0.496 e. The minimum Gasteiger partial charge on any atom is -0.496 e. The molecular weight excluding hydrogens is 364 g/mol. The SMILES string of the molecule is COc1ccccc1C(NC(=O)[C@H]1CNC[C@@H]1c1cnn(C)c1)c1ccccc1. The van der Waals surface area contributed by atoms with E-state index in [-0.39, 0.29) is 23.8 Å². The summed E-state index contributed by atoms with van der Waals surface area (Å²) in [5, 5.41) is 10.9. The Labute approximate surface area is 170 Å². The first kappa shape index (κ1) is 19.2. The molecule has 29 heavy (non-hydrogen) atoms. The predicted octanol–water partition coefficient (Wildman–Crippen LogP) is 2.64. The molecule has 1 unspecified atom stereocenters. The van der Waals surface area contributed by atoms with Crippen molar-refractivity contribution in [2.75, 3.05) is 20.2 Å². The highest BCUT2D eigenvalue weighted by Gasteiger charge is 2.36. The predicted molar refractivity (Wildman–Crippen MR) is 112 cm³/mol. The zero-order valence-electron chi connectivity index (χ0n) is 16.7. The second-order valence-electron chi connectivity index (χ2n) is 7.41. The molecular formula is C23H26N4O2. The average molecular weight is 390 g/mol. The molecule has 2 heterocycles. The molecule has 1 saturated heterocycles. The molecule has 0 aliphatic carbocycles. The summed E-state index contributed by atoms with van der Waals surface area (Å²) in [6, 6.07) is 17.6. The van der Waals surface area contributed by atoms with Crippen molar-refractivity contribution < 1.29 is 9.53 Å². The molecule has 0 radical (unpaired) electrons. The molecule has 1 aliphatic rings. The molecule has 3 atom stereocenters. The fraction of sp³-hybridized carbons (Fsp3) is 0.304. The van der Waals surface area contributed by atoms with Gasteiger partial charge in [-0.05, 0) is 17.2 Å². The molecule has 0 bridgehead atoms. The van der Waals surface area contributed by atoms with Crippen molar-refractivity contribution in [1.29, 1.82) is 0 Å². The van der Waals surface area contributed by atoms with Crippen LogP contribution in [0.2, 0.25) is 0 Å². The highest BCUT2D eigenvalue weighted by Crippen LogP contribution is 2.32. The molecule has 6 heteroatoms. The van der Waals surface area contributed by atoms with Gasteiger partial charge in [-0.2, -0.15) is 5.10 Å². The van der Waals surface area contributed by atoms with Crippen molar-refractivity contribution in [3.05, 3.63) is 83.7 Å². The van der Waals surface area contributed by atoms with Gasteiger partial charge in [0.1, 0.15) is 5.75 Å². The number of para-hydroxylation sites is 1. The number of nitrogens with one attached hydrogen (secondary N) is 2. The Hall–Kier alpha value is -3.12. The summed E-state index contributed by atoms with van der Waals surface area (Å²) >= 11 is 0. The second-order valence-corrected chi connectivity index (χ2v) is 7.41. The van der Waals surface area contributed by atoms with Crippen LogP contribution in [-0.4, -0.2) is 35.9 Å². The number of benzene rings is 2. The number of rotatable bonds is 6. The Balaban J connectivity index is 1.63. The minimum atomic E-state index is -0.282. The monoisotopic (exact) mass is 390 g/mol. The number of hydrogen-bond acceptors (Lipinski definition) is 4. The van der Waals surface area contributed by atoms with Crippen molar-refractivity contribution in [1.82, 2.24) is 20.4 Å². The summed E-state index contributed by atoms with van der Waals surface area (Å²) in [6.45, 7) is 1.42. The molecule has 1 aliphatic heterocycles. The van der Waals surface area contributed by atoms with Gasteiger partial charge in [-0.1, -0.05) is 48.5 Å². The lowest BCUT2D eigenvalue weighted by Crippen LogP contribution is -2.37. The van der Waals surface area contributed by atoms with Crippen LogP contribution in [0.4, 0.5) is 0 Å². The summed E-state index contributed by atoms with van der Waals surface area (Å²) in [4.78, 5) is 13.4. The number of aromatic nitrogens is 2. The van der Waals surface area contributed by atoms with Crippen LogP contribution in [0.15, 0.2) is 67.0 Å². The van der Waals surface area contributed by atoms with E-state index in [2.05, 4.69) is 15.7 Å². The van der Waals surface area contributed by atoms with E-state index in [0.29, 0.717) is 6.54 Å². The average Bonchev–Trinajstić information content (AvgIpc) is 3.41. The molecule has 1 amide bonds. The van der Waals surface area contributed by atoms with E-state index in [1.165, 1.54) is 0 Å². The van der Waals surface area contributed by atoms with Crippen LogP contribution in [0, 0.1) is 5.92 Å². The Kier molecular flexibility index (Phi) is 5.62. The van der Waals surface area contributed by atoms with Crippen LogP contribution in [0.5, 0.6) is 5.75 Å². The third-order valence-electron chi connectivity index (χ3n) is 5.57. The van der Waals surface area contributed by atoms with Gasteiger partial charge in [-0.3, -0.25) is 9.48 Å². The number of amides is 1. The number of nitrogens with zero attached hydrogens (tertiary/aromatic N) is 2. The van der Waals surface area contributed by atoms with Gasteiger partial charge in [0, 0.05) is 37.8 Å². The Morgan fingerprint density at radius 1 is 1.17 bits per heavy atom. The van der Waals surface area contributed by atoms with Crippen molar-refractivity contribution >= 4 is 5.91 Å². The molecule has 1 aromatic heterocycles. The molecule has 0 spiro atoms. The molecule has 6 nitrogen and oxygen atoms in total. The topological polar surface area (TPSA) is 68.2 Å². The van der Waals surface area contributed by atoms with E-state index < -0.39 is 0 Å².